The number of nitrogens with two attached hydrogens (primary N) is 1. The molecule has 6 nitrogen and oxygen atoms in total. The monoisotopic (exact) mass is 279 g/mol. The summed E-state index contributed by atoms with van der Waals surface area (Å²) in [6, 6.07) is 1.72. The highest BCUT2D eigenvalue weighted by Gasteiger charge is 2.19. The van der Waals surface area contributed by atoms with Gasteiger partial charge in [0.15, 0.2) is 0 Å². The lowest BCUT2D eigenvalue weighted by Gasteiger charge is -2.05. The zero-order chi connectivity index (χ0) is 14.2. The zero-order valence-electron chi connectivity index (χ0n) is 10.7. The summed E-state index contributed by atoms with van der Waals surface area (Å²) in [5.41, 5.74) is 7.50. The zero-order valence-corrected chi connectivity index (χ0v) is 11.6. The van der Waals surface area contributed by atoms with E-state index in [1.165, 1.54) is 25.4 Å². The predicted molar refractivity (Wildman–Crippen MR) is 74.4 cm³/mol. The van der Waals surface area contributed by atoms with E-state index in [1.54, 1.807) is 13.0 Å². The number of hydrogen-bond acceptors (Lipinski definition) is 6. The highest BCUT2D eigenvalue weighted by atomic mass is 32.1. The maximum atomic E-state index is 11.6. The largest absolute Gasteiger partial charge is 0.465 e. The lowest BCUT2D eigenvalue weighted by Crippen LogP contribution is -2.07. The lowest BCUT2D eigenvalue weighted by molar-refractivity contribution is -0.114. The van der Waals surface area contributed by atoms with Crippen LogP contribution in [0.5, 0.6) is 0 Å². The number of hydrogen-bond donors (Lipinski definition) is 2. The lowest BCUT2D eigenvalue weighted by atomic mass is 10.2. The first-order valence-electron chi connectivity index (χ1n) is 5.49. The predicted octanol–water partition coefficient (Wildman–Crippen LogP) is 1.93. The normalized spacial score (nSPS) is 10.5. The van der Waals surface area contributed by atoms with Gasteiger partial charge in [0.05, 0.1) is 24.2 Å². The van der Waals surface area contributed by atoms with E-state index in [0.29, 0.717) is 32.2 Å². The van der Waals surface area contributed by atoms with Crippen molar-refractivity contribution in [1.29, 1.82) is 0 Å². The number of anilines is 2. The minimum atomic E-state index is -0.487. The van der Waals surface area contributed by atoms with Crippen molar-refractivity contribution in [1.82, 2.24) is 4.98 Å². The van der Waals surface area contributed by atoms with E-state index in [4.69, 9.17) is 5.73 Å². The molecule has 0 aliphatic rings. The fraction of sp³-hybridized carbons (Fsp3) is 0.250. The van der Waals surface area contributed by atoms with Crippen LogP contribution in [0.3, 0.4) is 0 Å². The van der Waals surface area contributed by atoms with Gasteiger partial charge in [0.2, 0.25) is 5.91 Å². The molecule has 0 aliphatic heterocycles. The summed E-state index contributed by atoms with van der Waals surface area (Å²) in [5, 5.41) is 3.32. The fourth-order valence-corrected chi connectivity index (χ4v) is 2.73. The average molecular weight is 279 g/mol. The van der Waals surface area contributed by atoms with E-state index in [0.717, 1.165) is 0 Å². The Kier molecular flexibility index (Phi) is 3.39. The van der Waals surface area contributed by atoms with Crippen molar-refractivity contribution in [2.45, 2.75) is 13.8 Å². The van der Waals surface area contributed by atoms with Crippen molar-refractivity contribution >= 4 is 44.8 Å². The van der Waals surface area contributed by atoms with Gasteiger partial charge in [0.1, 0.15) is 9.71 Å². The summed E-state index contributed by atoms with van der Waals surface area (Å²) >= 11 is 1.17. The second-order valence-corrected chi connectivity index (χ2v) is 4.99. The van der Waals surface area contributed by atoms with Crippen LogP contribution in [0, 0.1) is 6.92 Å². The fourth-order valence-electron chi connectivity index (χ4n) is 1.69. The topological polar surface area (TPSA) is 94.3 Å². The number of ether oxygens (including phenoxy) is 1. The van der Waals surface area contributed by atoms with E-state index >= 15 is 0 Å². The molecule has 0 aliphatic carbocycles. The van der Waals surface area contributed by atoms with E-state index in [2.05, 4.69) is 15.0 Å². The SMILES string of the molecule is COC(=O)c1sc2nc(C)c(NC(C)=O)cc2c1N. The van der Waals surface area contributed by atoms with Gasteiger partial charge in [-0.1, -0.05) is 0 Å². The highest BCUT2D eigenvalue weighted by molar-refractivity contribution is 7.21. The van der Waals surface area contributed by atoms with E-state index in [-0.39, 0.29) is 5.91 Å². The van der Waals surface area contributed by atoms with Crippen molar-refractivity contribution in [3.05, 3.63) is 16.6 Å². The van der Waals surface area contributed by atoms with Gasteiger partial charge in [-0.05, 0) is 13.0 Å². The molecule has 1 amide bonds. The molecule has 0 fully saturated rings. The van der Waals surface area contributed by atoms with Crippen LogP contribution in [-0.4, -0.2) is 24.0 Å². The Morgan fingerprint density at radius 1 is 1.47 bits per heavy atom. The summed E-state index contributed by atoms with van der Waals surface area (Å²) in [6.45, 7) is 3.19. The van der Waals surface area contributed by atoms with Crippen LogP contribution in [0.15, 0.2) is 6.07 Å². The van der Waals surface area contributed by atoms with Gasteiger partial charge in [-0.2, -0.15) is 0 Å². The number of amides is 1. The number of carbonyl (C=O) groups is 2. The maximum absolute atomic E-state index is 11.6. The number of carbonyl (C=O) groups excluding carboxylic acids is 2. The van der Waals surface area contributed by atoms with Crippen LogP contribution in [-0.2, 0) is 9.53 Å². The van der Waals surface area contributed by atoms with Crippen LogP contribution in [0.2, 0.25) is 0 Å². The molecule has 0 atom stereocenters. The van der Waals surface area contributed by atoms with E-state index < -0.39 is 5.97 Å². The first kappa shape index (κ1) is 13.3. The molecule has 0 saturated heterocycles. The van der Waals surface area contributed by atoms with Crippen molar-refractivity contribution in [2.24, 2.45) is 0 Å². The molecule has 7 heteroatoms. The third kappa shape index (κ3) is 2.37. The van der Waals surface area contributed by atoms with Gasteiger partial charge in [-0.15, -0.1) is 11.3 Å². The molecule has 0 saturated carbocycles. The van der Waals surface area contributed by atoms with Crippen molar-refractivity contribution < 1.29 is 14.3 Å². The van der Waals surface area contributed by atoms with Crippen LogP contribution in [0.1, 0.15) is 22.3 Å². The molecular formula is C12H13N3O3S. The molecule has 2 aromatic heterocycles. The Bertz CT molecular complexity index is 678. The van der Waals surface area contributed by atoms with Gasteiger partial charge < -0.3 is 15.8 Å². The average Bonchev–Trinajstić information content (AvgIpc) is 2.66. The number of fused-ring (bicyclic) bond motifs is 1. The number of esters is 1. The van der Waals surface area contributed by atoms with E-state index in [9.17, 15) is 9.59 Å². The molecule has 2 rings (SSSR count). The number of rotatable bonds is 2. The number of aromatic nitrogens is 1. The molecule has 0 spiro atoms. The molecule has 19 heavy (non-hydrogen) atoms. The minimum absolute atomic E-state index is 0.189. The third-order valence-corrected chi connectivity index (χ3v) is 3.69. The number of nitrogens with zero attached hydrogens (tertiary/aromatic N) is 1. The Balaban J connectivity index is 2.62. The summed E-state index contributed by atoms with van der Waals surface area (Å²) in [5.74, 6) is -0.675. The molecule has 0 unspecified atom stereocenters. The van der Waals surface area contributed by atoms with Gasteiger partial charge in [0.25, 0.3) is 0 Å². The first-order valence-corrected chi connectivity index (χ1v) is 6.31. The van der Waals surface area contributed by atoms with Crippen LogP contribution in [0.4, 0.5) is 11.4 Å². The summed E-state index contributed by atoms with van der Waals surface area (Å²) < 4.78 is 4.67. The number of pyridine rings is 1. The highest BCUT2D eigenvalue weighted by Crippen LogP contribution is 2.35. The molecule has 2 aromatic rings. The van der Waals surface area contributed by atoms with Crippen molar-refractivity contribution in [3.63, 3.8) is 0 Å². The number of nitrogen functional groups attached to an aromatic ring is 1. The Morgan fingerprint density at radius 3 is 2.74 bits per heavy atom. The Hall–Kier alpha value is -2.15. The minimum Gasteiger partial charge on any atom is -0.465 e. The quantitative estimate of drug-likeness (QED) is 0.819. The number of thiophene rings is 1. The second-order valence-electron chi connectivity index (χ2n) is 3.99. The molecule has 0 radical (unpaired) electrons. The van der Waals surface area contributed by atoms with Gasteiger partial charge in [0, 0.05) is 12.3 Å². The Labute approximate surface area is 113 Å². The van der Waals surface area contributed by atoms with Crippen LogP contribution < -0.4 is 11.1 Å². The van der Waals surface area contributed by atoms with Gasteiger partial charge in [-0.25, -0.2) is 9.78 Å². The molecule has 0 aromatic carbocycles. The smallest absolute Gasteiger partial charge is 0.350 e. The molecule has 0 bridgehead atoms. The number of nitrogens with one attached hydrogen (secondary N) is 1. The van der Waals surface area contributed by atoms with E-state index in [1.807, 2.05) is 0 Å². The van der Waals surface area contributed by atoms with Crippen molar-refractivity contribution in [2.75, 3.05) is 18.2 Å². The number of methoxy groups -OCH3 is 1. The molecule has 2 heterocycles. The van der Waals surface area contributed by atoms with Gasteiger partial charge >= 0.3 is 5.97 Å². The summed E-state index contributed by atoms with van der Waals surface area (Å²) in [4.78, 5) is 28.0. The molecular weight excluding hydrogens is 266 g/mol. The van der Waals surface area contributed by atoms with Crippen LogP contribution >= 0.6 is 11.3 Å². The van der Waals surface area contributed by atoms with Crippen molar-refractivity contribution in [3.8, 4) is 0 Å². The third-order valence-electron chi connectivity index (χ3n) is 2.59. The summed E-state index contributed by atoms with van der Waals surface area (Å²) in [6.07, 6.45) is 0. The number of aryl methyl sites for hydroxylation is 1. The Morgan fingerprint density at radius 2 is 2.16 bits per heavy atom. The molecule has 3 N–H and O–H groups in total. The second kappa shape index (κ2) is 4.85. The van der Waals surface area contributed by atoms with Crippen LogP contribution in [0.25, 0.3) is 10.2 Å². The van der Waals surface area contributed by atoms with Gasteiger partial charge in [-0.3, -0.25) is 4.79 Å². The standard InChI is InChI=1S/C12H13N3O3S/c1-5-8(15-6(2)16)4-7-9(13)10(12(17)18-3)19-11(7)14-5/h4H,13H2,1-3H3,(H,15,16). The summed E-state index contributed by atoms with van der Waals surface area (Å²) in [7, 11) is 1.30. The maximum Gasteiger partial charge on any atom is 0.350 e. The first-order chi connectivity index (χ1) is 8.93. The molecule has 100 valence electrons.